The molecular weight excluding hydrogens is 374 g/mol. The smallest absolute Gasteiger partial charge is 0.220 e. The van der Waals surface area contributed by atoms with E-state index in [1.807, 2.05) is 6.08 Å². The summed E-state index contributed by atoms with van der Waals surface area (Å²) in [6.45, 7) is 4.20. The Kier molecular flexibility index (Phi) is 22.1. The number of hydrogen-bond donors (Lipinski definition) is 3. The van der Waals surface area contributed by atoms with Gasteiger partial charge in [-0.3, -0.25) is 4.79 Å². The third kappa shape index (κ3) is 19.1. The molecule has 2 atom stereocenters. The summed E-state index contributed by atoms with van der Waals surface area (Å²) in [5, 5.41) is 22.4. The fourth-order valence-corrected chi connectivity index (χ4v) is 3.70. The monoisotopic (exact) mass is 425 g/mol. The van der Waals surface area contributed by atoms with Crippen molar-refractivity contribution in [2.45, 2.75) is 142 Å². The number of amides is 1. The summed E-state index contributed by atoms with van der Waals surface area (Å²) in [6, 6.07) is -0.610. The van der Waals surface area contributed by atoms with Crippen LogP contribution in [0.3, 0.4) is 0 Å². The van der Waals surface area contributed by atoms with Gasteiger partial charge in [-0.25, -0.2) is 0 Å². The van der Waals surface area contributed by atoms with Crippen LogP contribution in [0.25, 0.3) is 0 Å². The van der Waals surface area contributed by atoms with Gasteiger partial charge in [-0.1, -0.05) is 116 Å². The summed E-state index contributed by atoms with van der Waals surface area (Å²) in [6.07, 6.45) is 24.3. The molecule has 0 aliphatic heterocycles. The minimum atomic E-state index is -0.827. The minimum absolute atomic E-state index is 0.0727. The van der Waals surface area contributed by atoms with Crippen LogP contribution in [0, 0.1) is 0 Å². The van der Waals surface area contributed by atoms with Gasteiger partial charge in [0.15, 0.2) is 0 Å². The molecule has 0 saturated carbocycles. The lowest BCUT2D eigenvalue weighted by Gasteiger charge is -2.20. The molecule has 1 amide bonds. The topological polar surface area (TPSA) is 69.6 Å². The van der Waals surface area contributed by atoms with E-state index in [0.717, 1.165) is 25.7 Å². The number of rotatable bonds is 22. The van der Waals surface area contributed by atoms with Gasteiger partial charge in [0.05, 0.1) is 18.8 Å². The molecule has 0 bridgehead atoms. The van der Waals surface area contributed by atoms with Crippen molar-refractivity contribution >= 4 is 5.91 Å². The van der Waals surface area contributed by atoms with Gasteiger partial charge in [0.2, 0.25) is 5.91 Å². The highest BCUT2D eigenvalue weighted by Crippen LogP contribution is 2.12. The normalized spacial score (nSPS) is 13.6. The Morgan fingerprint density at radius 2 is 1.23 bits per heavy atom. The Morgan fingerprint density at radius 3 is 1.73 bits per heavy atom. The van der Waals surface area contributed by atoms with Gasteiger partial charge in [-0.05, 0) is 19.3 Å². The van der Waals surface area contributed by atoms with E-state index in [9.17, 15) is 15.0 Å². The summed E-state index contributed by atoms with van der Waals surface area (Å²) in [5.41, 5.74) is 0. The Balaban J connectivity index is 3.67. The number of unbranched alkanes of at least 4 members (excludes halogenated alkanes) is 15. The molecule has 3 N–H and O–H groups in total. The first-order valence-corrected chi connectivity index (χ1v) is 12.9. The van der Waals surface area contributed by atoms with Crippen molar-refractivity contribution < 1.29 is 15.0 Å². The second kappa shape index (κ2) is 22.8. The van der Waals surface area contributed by atoms with Crippen molar-refractivity contribution in [2.75, 3.05) is 6.61 Å². The van der Waals surface area contributed by atoms with Gasteiger partial charge in [0.1, 0.15) is 0 Å². The van der Waals surface area contributed by atoms with E-state index >= 15 is 0 Å². The fourth-order valence-electron chi connectivity index (χ4n) is 3.70. The van der Waals surface area contributed by atoms with Crippen molar-refractivity contribution in [1.29, 1.82) is 0 Å². The summed E-state index contributed by atoms with van der Waals surface area (Å²) in [7, 11) is 0. The predicted octanol–water partition coefficient (Wildman–Crippen LogP) is 6.44. The van der Waals surface area contributed by atoms with Crippen molar-refractivity contribution in [2.24, 2.45) is 0 Å². The van der Waals surface area contributed by atoms with Gasteiger partial charge < -0.3 is 15.5 Å². The Bertz CT molecular complexity index is 398. The van der Waals surface area contributed by atoms with Gasteiger partial charge >= 0.3 is 0 Å². The number of allylic oxidation sites excluding steroid dienone is 1. The molecular formula is C26H51NO3. The number of nitrogens with one attached hydrogen (secondary N) is 1. The standard InChI is InChI=1S/C26H51NO3/c1-3-5-7-9-11-12-13-14-15-16-18-20-22-26(30)27-24(23-28)25(29)21-19-17-10-8-6-4-2/h19,21,24-25,28-29H,3-18,20,22-23H2,1-2H3,(H,27,30)/b21-19+. The lowest BCUT2D eigenvalue weighted by Crippen LogP contribution is -2.45. The minimum Gasteiger partial charge on any atom is -0.394 e. The number of carbonyl (C=O) groups is 1. The van der Waals surface area contributed by atoms with Crippen LogP contribution in [0.4, 0.5) is 0 Å². The molecule has 2 unspecified atom stereocenters. The zero-order valence-corrected chi connectivity index (χ0v) is 20.0. The summed E-state index contributed by atoms with van der Waals surface area (Å²) in [5.74, 6) is -0.0727. The zero-order valence-electron chi connectivity index (χ0n) is 20.0. The van der Waals surface area contributed by atoms with Crippen LogP contribution in [0.2, 0.25) is 0 Å². The SMILES string of the molecule is CCCCCC/C=C/C(O)C(CO)NC(=O)CCCCCCCCCCCCCC. The Hall–Kier alpha value is -0.870. The predicted molar refractivity (Wildman–Crippen MR) is 129 cm³/mol. The molecule has 178 valence electrons. The second-order valence-electron chi connectivity index (χ2n) is 8.76. The molecule has 30 heavy (non-hydrogen) atoms. The van der Waals surface area contributed by atoms with Crippen molar-refractivity contribution in [3.63, 3.8) is 0 Å². The van der Waals surface area contributed by atoms with Crippen LogP contribution >= 0.6 is 0 Å². The quantitative estimate of drug-likeness (QED) is 0.138. The first-order valence-electron chi connectivity index (χ1n) is 12.9. The molecule has 0 aliphatic rings. The van der Waals surface area contributed by atoms with E-state index in [0.29, 0.717) is 6.42 Å². The van der Waals surface area contributed by atoms with Gasteiger partial charge in [-0.15, -0.1) is 0 Å². The number of aliphatic hydroxyl groups is 2. The molecule has 0 fully saturated rings. The maximum atomic E-state index is 12.1. The first-order chi connectivity index (χ1) is 14.7. The summed E-state index contributed by atoms with van der Waals surface area (Å²) in [4.78, 5) is 12.1. The van der Waals surface area contributed by atoms with E-state index in [-0.39, 0.29) is 12.5 Å². The van der Waals surface area contributed by atoms with Crippen LogP contribution in [0.15, 0.2) is 12.2 Å². The molecule has 0 aliphatic carbocycles. The summed E-state index contributed by atoms with van der Waals surface area (Å²) >= 11 is 0. The van der Waals surface area contributed by atoms with Gasteiger partial charge in [0, 0.05) is 6.42 Å². The highest BCUT2D eigenvalue weighted by atomic mass is 16.3. The maximum absolute atomic E-state index is 12.1. The van der Waals surface area contributed by atoms with Crippen LogP contribution in [0.1, 0.15) is 129 Å². The second-order valence-corrected chi connectivity index (χ2v) is 8.76. The average Bonchev–Trinajstić information content (AvgIpc) is 2.75. The highest BCUT2D eigenvalue weighted by molar-refractivity contribution is 5.76. The molecule has 4 heteroatoms. The molecule has 4 nitrogen and oxygen atoms in total. The molecule has 0 radical (unpaired) electrons. The van der Waals surface area contributed by atoms with E-state index < -0.39 is 12.1 Å². The number of aliphatic hydroxyl groups excluding tert-OH is 2. The summed E-state index contributed by atoms with van der Waals surface area (Å²) < 4.78 is 0. The molecule has 0 rings (SSSR count). The lowest BCUT2D eigenvalue weighted by molar-refractivity contribution is -0.123. The lowest BCUT2D eigenvalue weighted by atomic mass is 10.0. The zero-order chi connectivity index (χ0) is 22.3. The molecule has 0 aromatic heterocycles. The molecule has 0 saturated heterocycles. The van der Waals surface area contributed by atoms with E-state index in [1.54, 1.807) is 6.08 Å². The van der Waals surface area contributed by atoms with Crippen molar-refractivity contribution in [3.8, 4) is 0 Å². The number of carbonyl (C=O) groups excluding carboxylic acids is 1. The average molecular weight is 426 g/mol. The van der Waals surface area contributed by atoms with E-state index in [4.69, 9.17) is 0 Å². The van der Waals surface area contributed by atoms with Crippen LogP contribution in [-0.4, -0.2) is 34.9 Å². The molecule has 0 aromatic carbocycles. The highest BCUT2D eigenvalue weighted by Gasteiger charge is 2.17. The molecule has 0 heterocycles. The number of hydrogen-bond acceptors (Lipinski definition) is 3. The van der Waals surface area contributed by atoms with Crippen LogP contribution in [-0.2, 0) is 4.79 Å². The maximum Gasteiger partial charge on any atom is 0.220 e. The third-order valence-corrected chi connectivity index (χ3v) is 5.77. The van der Waals surface area contributed by atoms with Crippen molar-refractivity contribution in [3.05, 3.63) is 12.2 Å². The van der Waals surface area contributed by atoms with Gasteiger partial charge in [0.25, 0.3) is 0 Å². The largest absolute Gasteiger partial charge is 0.394 e. The first kappa shape index (κ1) is 29.1. The molecule has 0 spiro atoms. The van der Waals surface area contributed by atoms with Gasteiger partial charge in [-0.2, -0.15) is 0 Å². The van der Waals surface area contributed by atoms with E-state index in [2.05, 4.69) is 19.2 Å². The van der Waals surface area contributed by atoms with Crippen LogP contribution < -0.4 is 5.32 Å². The Morgan fingerprint density at radius 1 is 0.767 bits per heavy atom. The Labute approximate surface area is 186 Å². The molecule has 0 aromatic rings. The van der Waals surface area contributed by atoms with E-state index in [1.165, 1.54) is 83.5 Å². The fraction of sp³-hybridized carbons (Fsp3) is 0.885. The van der Waals surface area contributed by atoms with Crippen LogP contribution in [0.5, 0.6) is 0 Å². The third-order valence-electron chi connectivity index (χ3n) is 5.77. The van der Waals surface area contributed by atoms with Crippen molar-refractivity contribution in [1.82, 2.24) is 5.32 Å².